The van der Waals surface area contributed by atoms with Gasteiger partial charge in [0.05, 0.1) is 6.04 Å². The highest BCUT2D eigenvalue weighted by Gasteiger charge is 2.37. The lowest BCUT2D eigenvalue weighted by atomic mass is 9.82. The zero-order chi connectivity index (χ0) is 10.8. The van der Waals surface area contributed by atoms with E-state index in [0.717, 1.165) is 13.1 Å². The predicted molar refractivity (Wildman–Crippen MR) is 59.3 cm³/mol. The molecule has 0 aromatic carbocycles. The largest absolute Gasteiger partial charge is 0.298 e. The van der Waals surface area contributed by atoms with Gasteiger partial charge in [0.25, 0.3) is 0 Å². The van der Waals surface area contributed by atoms with Crippen LogP contribution in [0, 0.1) is 5.41 Å². The van der Waals surface area contributed by atoms with Crippen LogP contribution in [0.15, 0.2) is 0 Å². The molecule has 0 N–H and O–H groups in total. The first-order valence-electron chi connectivity index (χ1n) is 5.79. The molecule has 0 aliphatic carbocycles. The van der Waals surface area contributed by atoms with Gasteiger partial charge in [0.15, 0.2) is 0 Å². The maximum Gasteiger partial charge on any atom is 0.146 e. The second-order valence-electron chi connectivity index (χ2n) is 4.71. The highest BCUT2D eigenvalue weighted by molar-refractivity contribution is 5.80. The SMILES string of the molecule is CCC1(CC)CCN(C(C)C(C)=O)C1. The summed E-state index contributed by atoms with van der Waals surface area (Å²) >= 11 is 0. The van der Waals surface area contributed by atoms with Crippen LogP contribution in [0.5, 0.6) is 0 Å². The molecule has 14 heavy (non-hydrogen) atoms. The zero-order valence-electron chi connectivity index (χ0n) is 9.97. The minimum Gasteiger partial charge on any atom is -0.298 e. The van der Waals surface area contributed by atoms with Crippen LogP contribution in [0.2, 0.25) is 0 Å². The quantitative estimate of drug-likeness (QED) is 0.690. The van der Waals surface area contributed by atoms with E-state index >= 15 is 0 Å². The minimum atomic E-state index is 0.120. The Morgan fingerprint density at radius 2 is 2.00 bits per heavy atom. The van der Waals surface area contributed by atoms with E-state index in [0.29, 0.717) is 11.2 Å². The summed E-state index contributed by atoms with van der Waals surface area (Å²) in [6.07, 6.45) is 3.74. The first-order valence-corrected chi connectivity index (χ1v) is 5.79. The molecule has 0 aromatic heterocycles. The standard InChI is InChI=1S/C12H23NO/c1-5-12(6-2)7-8-13(9-12)10(3)11(4)14/h10H,5-9H2,1-4H3. The van der Waals surface area contributed by atoms with E-state index in [1.54, 1.807) is 6.92 Å². The molecule has 0 spiro atoms. The summed E-state index contributed by atoms with van der Waals surface area (Å²) in [6.45, 7) is 10.5. The molecule has 2 heteroatoms. The molecule has 2 nitrogen and oxygen atoms in total. The van der Waals surface area contributed by atoms with Gasteiger partial charge in [-0.05, 0) is 45.1 Å². The van der Waals surface area contributed by atoms with Crippen LogP contribution in [0.3, 0.4) is 0 Å². The normalized spacial score (nSPS) is 23.7. The van der Waals surface area contributed by atoms with E-state index in [1.807, 2.05) is 6.92 Å². The highest BCUT2D eigenvalue weighted by atomic mass is 16.1. The molecule has 0 aromatic rings. The summed E-state index contributed by atoms with van der Waals surface area (Å²) in [5.74, 6) is 0.299. The molecule has 1 aliphatic heterocycles. The van der Waals surface area contributed by atoms with Gasteiger partial charge in [-0.1, -0.05) is 13.8 Å². The van der Waals surface area contributed by atoms with Gasteiger partial charge in [-0.3, -0.25) is 9.69 Å². The van der Waals surface area contributed by atoms with Crippen molar-refractivity contribution >= 4 is 5.78 Å². The minimum absolute atomic E-state index is 0.120. The van der Waals surface area contributed by atoms with Crippen molar-refractivity contribution in [1.29, 1.82) is 0 Å². The van der Waals surface area contributed by atoms with Gasteiger partial charge >= 0.3 is 0 Å². The molecule has 0 radical (unpaired) electrons. The first-order chi connectivity index (χ1) is 6.54. The Balaban J connectivity index is 2.60. The van der Waals surface area contributed by atoms with E-state index in [2.05, 4.69) is 18.7 Å². The van der Waals surface area contributed by atoms with Gasteiger partial charge in [-0.25, -0.2) is 0 Å². The van der Waals surface area contributed by atoms with E-state index in [-0.39, 0.29) is 6.04 Å². The Morgan fingerprint density at radius 1 is 1.43 bits per heavy atom. The third-order valence-electron chi connectivity index (χ3n) is 4.10. The number of rotatable bonds is 4. The molecule has 1 fully saturated rings. The number of nitrogens with zero attached hydrogens (tertiary/aromatic N) is 1. The van der Waals surface area contributed by atoms with E-state index < -0.39 is 0 Å². The number of carbonyl (C=O) groups excluding carboxylic acids is 1. The van der Waals surface area contributed by atoms with Crippen LogP contribution in [0.25, 0.3) is 0 Å². The zero-order valence-corrected chi connectivity index (χ0v) is 9.97. The van der Waals surface area contributed by atoms with E-state index in [1.165, 1.54) is 19.3 Å². The lowest BCUT2D eigenvalue weighted by Crippen LogP contribution is -2.37. The smallest absolute Gasteiger partial charge is 0.146 e. The fourth-order valence-corrected chi connectivity index (χ4v) is 2.38. The van der Waals surface area contributed by atoms with Gasteiger partial charge in [-0.2, -0.15) is 0 Å². The van der Waals surface area contributed by atoms with Crippen LogP contribution in [-0.4, -0.2) is 29.8 Å². The molecule has 1 rings (SSSR count). The molecule has 0 saturated carbocycles. The van der Waals surface area contributed by atoms with Crippen LogP contribution < -0.4 is 0 Å². The van der Waals surface area contributed by atoms with Crippen molar-refractivity contribution in [2.45, 2.75) is 53.0 Å². The summed E-state index contributed by atoms with van der Waals surface area (Å²) in [5, 5.41) is 0. The lowest BCUT2D eigenvalue weighted by Gasteiger charge is -2.28. The van der Waals surface area contributed by atoms with Crippen molar-refractivity contribution < 1.29 is 4.79 Å². The van der Waals surface area contributed by atoms with Crippen molar-refractivity contribution in [3.8, 4) is 0 Å². The average Bonchev–Trinajstić information content (AvgIpc) is 2.61. The Morgan fingerprint density at radius 3 is 2.36 bits per heavy atom. The maximum absolute atomic E-state index is 11.3. The number of ketones is 1. The number of carbonyl (C=O) groups is 1. The summed E-state index contributed by atoms with van der Waals surface area (Å²) in [4.78, 5) is 13.6. The van der Waals surface area contributed by atoms with Crippen LogP contribution in [-0.2, 0) is 4.79 Å². The molecule has 1 unspecified atom stereocenters. The third kappa shape index (κ3) is 2.17. The molecule has 0 amide bonds. The van der Waals surface area contributed by atoms with E-state index in [9.17, 15) is 4.79 Å². The second kappa shape index (κ2) is 4.43. The topological polar surface area (TPSA) is 20.3 Å². The van der Waals surface area contributed by atoms with Crippen molar-refractivity contribution in [1.82, 2.24) is 4.90 Å². The summed E-state index contributed by atoms with van der Waals surface area (Å²) < 4.78 is 0. The molecular weight excluding hydrogens is 174 g/mol. The van der Waals surface area contributed by atoms with Gasteiger partial charge in [0, 0.05) is 6.54 Å². The molecule has 1 heterocycles. The second-order valence-corrected chi connectivity index (χ2v) is 4.71. The Kier molecular flexibility index (Phi) is 3.71. The van der Waals surface area contributed by atoms with Crippen LogP contribution in [0.4, 0.5) is 0 Å². The Bertz CT molecular complexity index is 208. The molecule has 82 valence electrons. The van der Waals surface area contributed by atoms with Gasteiger partial charge in [0.1, 0.15) is 5.78 Å². The Labute approximate surface area is 87.7 Å². The van der Waals surface area contributed by atoms with Gasteiger partial charge in [-0.15, -0.1) is 0 Å². The van der Waals surface area contributed by atoms with Gasteiger partial charge < -0.3 is 0 Å². The number of likely N-dealkylation sites (tertiary alicyclic amines) is 1. The molecule has 0 bridgehead atoms. The van der Waals surface area contributed by atoms with Crippen LogP contribution >= 0.6 is 0 Å². The fourth-order valence-electron chi connectivity index (χ4n) is 2.38. The van der Waals surface area contributed by atoms with Gasteiger partial charge in [0.2, 0.25) is 0 Å². The summed E-state index contributed by atoms with van der Waals surface area (Å²) in [7, 11) is 0. The van der Waals surface area contributed by atoms with Crippen molar-refractivity contribution in [3.63, 3.8) is 0 Å². The number of hydrogen-bond acceptors (Lipinski definition) is 2. The van der Waals surface area contributed by atoms with Crippen molar-refractivity contribution in [2.75, 3.05) is 13.1 Å². The van der Waals surface area contributed by atoms with Crippen LogP contribution in [0.1, 0.15) is 47.0 Å². The molecule has 1 atom stereocenters. The maximum atomic E-state index is 11.3. The number of hydrogen-bond donors (Lipinski definition) is 0. The molecular formula is C12H23NO. The predicted octanol–water partition coefficient (Wildman–Crippen LogP) is 2.48. The molecule has 1 saturated heterocycles. The monoisotopic (exact) mass is 197 g/mol. The van der Waals surface area contributed by atoms with Crippen molar-refractivity contribution in [2.24, 2.45) is 5.41 Å². The highest BCUT2D eigenvalue weighted by Crippen LogP contribution is 2.37. The third-order valence-corrected chi connectivity index (χ3v) is 4.10. The average molecular weight is 197 g/mol. The van der Waals surface area contributed by atoms with E-state index in [4.69, 9.17) is 0 Å². The summed E-state index contributed by atoms with van der Waals surface area (Å²) in [5.41, 5.74) is 0.490. The first kappa shape index (κ1) is 11.7. The molecule has 1 aliphatic rings. The Hall–Kier alpha value is -0.370. The lowest BCUT2D eigenvalue weighted by molar-refractivity contribution is -0.121. The fraction of sp³-hybridized carbons (Fsp3) is 0.917. The summed E-state index contributed by atoms with van der Waals surface area (Å²) in [6, 6.07) is 0.120. The number of Topliss-reactive ketones (excluding diaryl/α,β-unsaturated/α-hetero) is 1. The van der Waals surface area contributed by atoms with Crippen molar-refractivity contribution in [3.05, 3.63) is 0 Å².